The zero-order valence-corrected chi connectivity index (χ0v) is 38.2. The molecule has 6 aromatic rings. The smallest absolute Gasteiger partial charge is 0.164 e. The van der Waals surface area contributed by atoms with Gasteiger partial charge in [0.1, 0.15) is 17.1 Å². The molecule has 0 saturated heterocycles. The van der Waals surface area contributed by atoms with E-state index in [9.17, 15) is 9.90 Å². The molecule has 0 fully saturated rings. The molecule has 1 radical (unpaired) electrons. The van der Waals surface area contributed by atoms with Crippen LogP contribution in [0.25, 0.3) is 54.4 Å². The van der Waals surface area contributed by atoms with E-state index in [1.54, 1.807) is 0 Å². The van der Waals surface area contributed by atoms with Gasteiger partial charge in [-0.25, -0.2) is 0 Å². The van der Waals surface area contributed by atoms with Crippen molar-refractivity contribution in [2.75, 3.05) is 0 Å². The molecule has 3 aromatic carbocycles. The molecule has 0 aliphatic rings. The van der Waals surface area contributed by atoms with Gasteiger partial charge in [-0.2, -0.15) is 0 Å². The predicted molar refractivity (Wildman–Crippen MR) is 232 cm³/mol. The average molecular weight is 935 g/mol. The quantitative estimate of drug-likeness (QED) is 0.0799. The molecule has 0 amide bonds. The summed E-state index contributed by atoms with van der Waals surface area (Å²) in [5, 5.41) is 14.9. The summed E-state index contributed by atoms with van der Waals surface area (Å²) in [6, 6.07) is 25.2. The Morgan fingerprint density at radius 2 is 1.56 bits per heavy atom. The van der Waals surface area contributed by atoms with Crippen molar-refractivity contribution in [3.8, 4) is 22.6 Å². The Bertz CT molecular complexity index is 2290. The third-order valence-corrected chi connectivity index (χ3v) is 12.9. The Morgan fingerprint density at radius 1 is 0.909 bits per heavy atom. The summed E-state index contributed by atoms with van der Waals surface area (Å²) < 4.78 is 8.00. The van der Waals surface area contributed by atoms with Crippen LogP contribution in [0.2, 0.25) is 0 Å². The zero-order chi connectivity index (χ0) is 39.6. The SMILES string of the molecule is CCC(C)(CC)C(=O)/C=C(\O)C(C)(CC)CC.Cc1sc2cccc(-c3cc4ccnc(-c5[c-]c6ccccc6c(C(C)(C)C)c5)c4o3)c2c1CC(C)C.[Ir]. The van der Waals surface area contributed by atoms with Crippen molar-refractivity contribution in [3.05, 3.63) is 101 Å². The Kier molecular flexibility index (Phi) is 14.2. The number of fused-ring (bicyclic) bond motifs is 3. The van der Waals surface area contributed by atoms with Gasteiger partial charge in [0.25, 0.3) is 0 Å². The van der Waals surface area contributed by atoms with Crippen LogP contribution in [0.15, 0.2) is 83.1 Å². The van der Waals surface area contributed by atoms with Gasteiger partial charge in [0.15, 0.2) is 5.78 Å². The number of allylic oxidation sites excluding steroid dienone is 2. The number of nitrogens with zero attached hydrogens (tertiary/aromatic N) is 1. The largest absolute Gasteiger partial charge is 0.512 e. The molecule has 295 valence electrons. The fourth-order valence-electron chi connectivity index (χ4n) is 7.14. The molecule has 55 heavy (non-hydrogen) atoms. The van der Waals surface area contributed by atoms with E-state index in [1.807, 2.05) is 65.1 Å². The second kappa shape index (κ2) is 17.7. The van der Waals surface area contributed by atoms with Crippen molar-refractivity contribution in [2.45, 2.75) is 121 Å². The number of hydrogen-bond acceptors (Lipinski definition) is 5. The van der Waals surface area contributed by atoms with Crippen LogP contribution in [0, 0.1) is 29.7 Å². The standard InChI is InChI=1S/C34H32NOS.C15H28O2.Ir/c1-20(2)16-27-21(3)37-30-13-9-12-26(31(27)30)29-19-23-14-15-35-32(33(23)36-29)24-17-22-10-7-8-11-25(22)28(18-24)34(4,5)6;1-7-14(5,8-2)12(16)11-13(17)15(6,9-3)10-4;/h7-15,18-20H,16H2,1-6H3;11,16H,7-10H2,1-6H3;/q-1;;/b;12-11-;. The summed E-state index contributed by atoms with van der Waals surface area (Å²) in [5.41, 5.74) is 5.92. The van der Waals surface area contributed by atoms with Crippen molar-refractivity contribution in [1.82, 2.24) is 4.98 Å². The van der Waals surface area contributed by atoms with Crippen LogP contribution < -0.4 is 0 Å². The fraction of sp³-hybridized carbons (Fsp3) is 0.429. The van der Waals surface area contributed by atoms with Crippen molar-refractivity contribution in [1.29, 1.82) is 0 Å². The predicted octanol–water partition coefficient (Wildman–Crippen LogP) is 14.8. The molecule has 0 spiro atoms. The molecule has 0 aliphatic carbocycles. The molecular formula is C49H60IrNO3S-. The van der Waals surface area contributed by atoms with E-state index < -0.39 is 0 Å². The first-order valence-corrected chi connectivity index (χ1v) is 20.6. The number of aryl methyl sites for hydroxylation is 1. The molecule has 3 aromatic heterocycles. The number of pyridine rings is 1. The number of aliphatic hydroxyl groups is 1. The number of carbonyl (C=O) groups is 1. The van der Waals surface area contributed by atoms with Gasteiger partial charge in [0.05, 0.1) is 0 Å². The number of aliphatic hydroxyl groups excluding tert-OH is 1. The second-order valence-electron chi connectivity index (χ2n) is 16.9. The van der Waals surface area contributed by atoms with Crippen LogP contribution in [0.5, 0.6) is 0 Å². The zero-order valence-electron chi connectivity index (χ0n) is 35.0. The van der Waals surface area contributed by atoms with Crippen LogP contribution in [0.3, 0.4) is 0 Å². The Hall–Kier alpha value is -3.57. The van der Waals surface area contributed by atoms with Crippen LogP contribution >= 0.6 is 11.3 Å². The average Bonchev–Trinajstić information content (AvgIpc) is 3.73. The third-order valence-electron chi connectivity index (χ3n) is 11.8. The number of benzene rings is 3. The van der Waals surface area contributed by atoms with E-state index in [-0.39, 0.29) is 47.9 Å². The van der Waals surface area contributed by atoms with Crippen LogP contribution in [0.1, 0.15) is 118 Å². The monoisotopic (exact) mass is 935 g/mol. The molecule has 0 atom stereocenters. The minimum absolute atomic E-state index is 0. The number of rotatable bonds is 11. The van der Waals surface area contributed by atoms with Gasteiger partial charge in [-0.05, 0) is 74.1 Å². The van der Waals surface area contributed by atoms with Crippen molar-refractivity contribution < 1.29 is 34.4 Å². The van der Waals surface area contributed by atoms with Crippen molar-refractivity contribution >= 4 is 48.9 Å². The maximum Gasteiger partial charge on any atom is 0.164 e. The Morgan fingerprint density at radius 3 is 2.18 bits per heavy atom. The van der Waals surface area contributed by atoms with E-state index in [0.717, 1.165) is 71.0 Å². The molecular weight excluding hydrogens is 875 g/mol. The topological polar surface area (TPSA) is 63.3 Å². The number of ketones is 1. The molecule has 6 heteroatoms. The molecule has 6 rings (SSSR count). The number of thiophene rings is 1. The van der Waals surface area contributed by atoms with Crippen molar-refractivity contribution in [2.24, 2.45) is 16.7 Å². The molecule has 0 unspecified atom stereocenters. The summed E-state index contributed by atoms with van der Waals surface area (Å²) in [7, 11) is 0. The van der Waals surface area contributed by atoms with Crippen molar-refractivity contribution in [3.63, 3.8) is 0 Å². The Labute approximate surface area is 347 Å². The number of hydrogen-bond donors (Lipinski definition) is 1. The Balaban J connectivity index is 0.000000320. The summed E-state index contributed by atoms with van der Waals surface area (Å²) in [6.07, 6.45) is 7.71. The maximum atomic E-state index is 12.2. The van der Waals surface area contributed by atoms with Crippen LogP contribution in [0.4, 0.5) is 0 Å². The van der Waals surface area contributed by atoms with Gasteiger partial charge in [-0.15, -0.1) is 40.5 Å². The van der Waals surface area contributed by atoms with Gasteiger partial charge in [0.2, 0.25) is 0 Å². The van der Waals surface area contributed by atoms with E-state index in [1.165, 1.54) is 37.6 Å². The fourth-order valence-corrected chi connectivity index (χ4v) is 8.26. The maximum absolute atomic E-state index is 12.2. The molecule has 0 saturated carbocycles. The molecule has 4 nitrogen and oxygen atoms in total. The van der Waals surface area contributed by atoms with E-state index in [4.69, 9.17) is 9.40 Å². The molecule has 3 heterocycles. The summed E-state index contributed by atoms with van der Waals surface area (Å²) >= 11 is 1.88. The summed E-state index contributed by atoms with van der Waals surface area (Å²) in [6.45, 7) is 25.7. The van der Waals surface area contributed by atoms with E-state index in [2.05, 4.69) is 102 Å². The first-order chi connectivity index (χ1) is 25.5. The number of carbonyl (C=O) groups excluding carboxylic acids is 1. The van der Waals surface area contributed by atoms with Gasteiger partial charge in [-0.3, -0.25) is 9.78 Å². The molecule has 0 bridgehead atoms. The molecule has 1 N–H and O–H groups in total. The minimum Gasteiger partial charge on any atom is -0.512 e. The minimum atomic E-state index is -0.337. The van der Waals surface area contributed by atoms with Crippen LogP contribution in [-0.4, -0.2) is 15.9 Å². The van der Waals surface area contributed by atoms with Crippen LogP contribution in [-0.2, 0) is 36.7 Å². The second-order valence-corrected chi connectivity index (χ2v) is 18.2. The summed E-state index contributed by atoms with van der Waals surface area (Å²) in [4.78, 5) is 18.4. The first kappa shape index (κ1) is 44.1. The van der Waals surface area contributed by atoms with Gasteiger partial charge in [-0.1, -0.05) is 117 Å². The van der Waals surface area contributed by atoms with E-state index >= 15 is 0 Å². The van der Waals surface area contributed by atoms with E-state index in [0.29, 0.717) is 5.92 Å². The van der Waals surface area contributed by atoms with Gasteiger partial charge >= 0.3 is 0 Å². The molecule has 0 aliphatic heterocycles. The van der Waals surface area contributed by atoms with Gasteiger partial charge in [0, 0.05) is 74.8 Å². The normalized spacial score (nSPS) is 12.6. The van der Waals surface area contributed by atoms with Gasteiger partial charge < -0.3 is 9.52 Å². The number of aromatic nitrogens is 1. The third kappa shape index (κ3) is 9.19. The first-order valence-electron chi connectivity index (χ1n) is 19.8. The number of furan rings is 1. The summed E-state index contributed by atoms with van der Waals surface area (Å²) in [5.74, 6) is 1.78.